The van der Waals surface area contributed by atoms with Gasteiger partial charge in [-0.1, -0.05) is 6.07 Å². The maximum absolute atomic E-state index is 12.1. The van der Waals surface area contributed by atoms with Crippen LogP contribution < -0.4 is 0 Å². The first kappa shape index (κ1) is 11.6. The molecule has 0 aliphatic heterocycles. The third-order valence-electron chi connectivity index (χ3n) is 2.57. The molecule has 0 amide bonds. The number of rotatable bonds is 3. The lowest BCUT2D eigenvalue weighted by Gasteiger charge is -1.99. The highest BCUT2D eigenvalue weighted by molar-refractivity contribution is 7.84. The Bertz CT molecular complexity index is 671. The Balaban J connectivity index is 1.82. The molecular weight excluding hydrogens is 266 g/mol. The number of aryl methyl sites for hydroxylation is 1. The smallest absolute Gasteiger partial charge is 0.197 e. The molecule has 0 aromatic carbocycles. The summed E-state index contributed by atoms with van der Waals surface area (Å²) in [5, 5.41) is 4.43. The zero-order valence-corrected chi connectivity index (χ0v) is 11.3. The summed E-state index contributed by atoms with van der Waals surface area (Å²) < 4.78 is 12.1. The zero-order chi connectivity index (χ0) is 12.5. The first-order valence-electron chi connectivity index (χ1n) is 5.44. The Morgan fingerprint density at radius 1 is 1.39 bits per heavy atom. The van der Waals surface area contributed by atoms with Crippen molar-refractivity contribution in [3.8, 4) is 0 Å². The largest absolute Gasteiger partial charge is 0.330 e. The lowest BCUT2D eigenvalue weighted by molar-refractivity contribution is 0.677. The molecule has 3 rings (SSSR count). The van der Waals surface area contributed by atoms with Gasteiger partial charge in [0, 0.05) is 17.0 Å². The second kappa shape index (κ2) is 4.62. The molecule has 3 aromatic rings. The molecule has 0 bridgehead atoms. The third kappa shape index (κ3) is 2.21. The Kier molecular flexibility index (Phi) is 2.97. The van der Waals surface area contributed by atoms with Crippen LogP contribution in [0.5, 0.6) is 0 Å². The predicted molar refractivity (Wildman–Crippen MR) is 73.1 cm³/mol. The van der Waals surface area contributed by atoms with Crippen molar-refractivity contribution in [3.63, 3.8) is 0 Å². The number of aromatic nitrogens is 3. The van der Waals surface area contributed by atoms with Gasteiger partial charge in [-0.25, -0.2) is 4.98 Å². The average molecular weight is 277 g/mol. The van der Waals surface area contributed by atoms with Gasteiger partial charge in [-0.2, -0.15) is 0 Å². The number of thiophene rings is 1. The van der Waals surface area contributed by atoms with E-state index in [9.17, 15) is 4.21 Å². The fourth-order valence-electron chi connectivity index (χ4n) is 1.62. The van der Waals surface area contributed by atoms with E-state index in [0.717, 1.165) is 22.3 Å². The van der Waals surface area contributed by atoms with Crippen molar-refractivity contribution < 1.29 is 4.21 Å². The molecule has 0 aliphatic rings. The van der Waals surface area contributed by atoms with Gasteiger partial charge in [0.1, 0.15) is 5.52 Å². The predicted octanol–water partition coefficient (Wildman–Crippen LogP) is 2.64. The first-order chi connectivity index (χ1) is 8.72. The minimum Gasteiger partial charge on any atom is -0.330 e. The molecule has 3 heterocycles. The Labute approximate surface area is 111 Å². The van der Waals surface area contributed by atoms with Crippen molar-refractivity contribution in [1.29, 1.82) is 0 Å². The second-order valence-corrected chi connectivity index (χ2v) is 6.14. The van der Waals surface area contributed by atoms with Crippen LogP contribution in [0, 0.1) is 6.92 Å². The number of hydrogen-bond acceptors (Lipinski definition) is 4. The summed E-state index contributed by atoms with van der Waals surface area (Å²) in [4.78, 5) is 11.6. The lowest BCUT2D eigenvalue weighted by Crippen LogP contribution is -2.00. The quantitative estimate of drug-likeness (QED) is 0.800. The molecule has 3 aromatic heterocycles. The van der Waals surface area contributed by atoms with E-state index in [2.05, 4.69) is 15.0 Å². The van der Waals surface area contributed by atoms with Gasteiger partial charge in [-0.3, -0.25) is 9.19 Å². The molecule has 4 nitrogen and oxygen atoms in total. The molecule has 0 spiro atoms. The van der Waals surface area contributed by atoms with Crippen molar-refractivity contribution in [3.05, 3.63) is 40.3 Å². The topological polar surface area (TPSA) is 58.6 Å². The van der Waals surface area contributed by atoms with Crippen LogP contribution in [-0.2, 0) is 16.6 Å². The van der Waals surface area contributed by atoms with Gasteiger partial charge >= 0.3 is 0 Å². The fourth-order valence-corrected chi connectivity index (χ4v) is 3.31. The lowest BCUT2D eigenvalue weighted by atomic mass is 10.3. The van der Waals surface area contributed by atoms with Crippen LogP contribution in [0.2, 0.25) is 0 Å². The molecular formula is C12H11N3OS2. The fraction of sp³-hybridized carbons (Fsp3) is 0.167. The Morgan fingerprint density at radius 2 is 2.28 bits per heavy atom. The SMILES string of the molecule is Cc1ccc(CS(=O)c2nc3cscc3[nH]2)nc1. The van der Waals surface area contributed by atoms with E-state index in [1.807, 2.05) is 29.8 Å². The maximum Gasteiger partial charge on any atom is 0.197 e. The van der Waals surface area contributed by atoms with Crippen molar-refractivity contribution in [2.45, 2.75) is 17.8 Å². The summed E-state index contributed by atoms with van der Waals surface area (Å²) >= 11 is 1.58. The molecule has 0 saturated carbocycles. The number of H-pyrrole nitrogens is 1. The molecule has 1 N–H and O–H groups in total. The van der Waals surface area contributed by atoms with Gasteiger partial charge < -0.3 is 4.98 Å². The highest BCUT2D eigenvalue weighted by Gasteiger charge is 2.11. The van der Waals surface area contributed by atoms with Crippen LogP contribution in [0.3, 0.4) is 0 Å². The molecule has 0 saturated heterocycles. The van der Waals surface area contributed by atoms with Crippen molar-refractivity contribution in [1.82, 2.24) is 15.0 Å². The zero-order valence-electron chi connectivity index (χ0n) is 9.71. The van der Waals surface area contributed by atoms with Crippen LogP contribution in [0.1, 0.15) is 11.3 Å². The summed E-state index contributed by atoms with van der Waals surface area (Å²) in [5.74, 6) is 0.389. The van der Waals surface area contributed by atoms with Gasteiger partial charge in [0.25, 0.3) is 0 Å². The summed E-state index contributed by atoms with van der Waals surface area (Å²) in [6, 6.07) is 3.87. The molecule has 18 heavy (non-hydrogen) atoms. The van der Waals surface area contributed by atoms with Crippen molar-refractivity contribution >= 4 is 33.2 Å². The van der Waals surface area contributed by atoms with E-state index in [1.54, 1.807) is 17.5 Å². The summed E-state index contributed by atoms with van der Waals surface area (Å²) in [6.45, 7) is 1.98. The minimum absolute atomic E-state index is 0.389. The third-order valence-corrected chi connectivity index (χ3v) is 4.49. The number of hydrogen-bond donors (Lipinski definition) is 1. The van der Waals surface area contributed by atoms with E-state index in [0.29, 0.717) is 10.9 Å². The molecule has 0 radical (unpaired) electrons. The van der Waals surface area contributed by atoms with Gasteiger partial charge in [0.2, 0.25) is 0 Å². The number of pyridine rings is 1. The van der Waals surface area contributed by atoms with E-state index in [1.165, 1.54) is 0 Å². The minimum atomic E-state index is -1.18. The average Bonchev–Trinajstić information content (AvgIpc) is 2.92. The molecule has 0 fully saturated rings. The number of fused-ring (bicyclic) bond motifs is 1. The number of nitrogens with zero attached hydrogens (tertiary/aromatic N) is 2. The van der Waals surface area contributed by atoms with Crippen LogP contribution in [0.15, 0.2) is 34.2 Å². The maximum atomic E-state index is 12.1. The van der Waals surface area contributed by atoms with E-state index >= 15 is 0 Å². The number of aromatic amines is 1. The molecule has 1 atom stereocenters. The van der Waals surface area contributed by atoms with Gasteiger partial charge in [-0.15, -0.1) is 11.3 Å². The highest BCUT2D eigenvalue weighted by Crippen LogP contribution is 2.18. The Hall–Kier alpha value is -1.53. The summed E-state index contributed by atoms with van der Waals surface area (Å²) in [5.41, 5.74) is 3.74. The molecule has 0 aliphatic carbocycles. The van der Waals surface area contributed by atoms with Gasteiger partial charge in [-0.05, 0) is 18.6 Å². The number of imidazole rings is 1. The monoisotopic (exact) mass is 277 g/mol. The molecule has 1 unspecified atom stereocenters. The van der Waals surface area contributed by atoms with E-state index < -0.39 is 10.8 Å². The summed E-state index contributed by atoms with van der Waals surface area (Å²) in [6.07, 6.45) is 1.78. The number of nitrogens with one attached hydrogen (secondary N) is 1. The summed E-state index contributed by atoms with van der Waals surface area (Å²) in [7, 11) is -1.18. The van der Waals surface area contributed by atoms with Crippen LogP contribution >= 0.6 is 11.3 Å². The Morgan fingerprint density at radius 3 is 3.00 bits per heavy atom. The van der Waals surface area contributed by atoms with Gasteiger partial charge in [0.15, 0.2) is 5.16 Å². The van der Waals surface area contributed by atoms with Crippen molar-refractivity contribution in [2.24, 2.45) is 0 Å². The normalized spacial score (nSPS) is 12.9. The van der Waals surface area contributed by atoms with Crippen LogP contribution in [0.4, 0.5) is 0 Å². The van der Waals surface area contributed by atoms with E-state index in [-0.39, 0.29) is 0 Å². The first-order valence-corrected chi connectivity index (χ1v) is 7.70. The second-order valence-electron chi connectivity index (χ2n) is 4.03. The van der Waals surface area contributed by atoms with E-state index in [4.69, 9.17) is 0 Å². The highest BCUT2D eigenvalue weighted by atomic mass is 32.2. The van der Waals surface area contributed by atoms with Gasteiger partial charge in [0.05, 0.1) is 27.8 Å². The van der Waals surface area contributed by atoms with Crippen LogP contribution in [-0.4, -0.2) is 19.2 Å². The molecule has 92 valence electrons. The molecule has 6 heteroatoms. The standard InChI is InChI=1S/C12H11N3OS2/c1-8-2-3-9(13-4-8)7-18(16)12-14-10-5-17-6-11(10)15-12/h2-6H,7H2,1H3,(H,14,15). The van der Waals surface area contributed by atoms with Crippen molar-refractivity contribution in [2.75, 3.05) is 0 Å². The van der Waals surface area contributed by atoms with Crippen LogP contribution in [0.25, 0.3) is 11.0 Å².